The first-order valence-electron chi connectivity index (χ1n) is 8.05. The van der Waals surface area contributed by atoms with E-state index in [1.165, 1.54) is 7.11 Å². The third-order valence-corrected chi connectivity index (χ3v) is 3.25. The third-order valence-electron chi connectivity index (χ3n) is 3.25. The zero-order valence-corrected chi connectivity index (χ0v) is 15.1. The van der Waals surface area contributed by atoms with Gasteiger partial charge in [-0.1, -0.05) is 18.0 Å². The Morgan fingerprint density at radius 3 is 2.36 bits per heavy atom. The van der Waals surface area contributed by atoms with Crippen molar-refractivity contribution in [1.29, 1.82) is 0 Å². The monoisotopic (exact) mass is 360 g/mol. The third kappa shape index (κ3) is 10.4. The van der Waals surface area contributed by atoms with Gasteiger partial charge in [-0.3, -0.25) is 0 Å². The Morgan fingerprint density at radius 1 is 1.28 bits per heavy atom. The van der Waals surface area contributed by atoms with Crippen molar-refractivity contribution in [3.63, 3.8) is 0 Å². The van der Waals surface area contributed by atoms with Crippen molar-refractivity contribution in [2.45, 2.75) is 70.2 Å². The van der Waals surface area contributed by atoms with Gasteiger partial charge in [0.15, 0.2) is 0 Å². The number of rotatable bonds is 10. The number of hydrogen-bond donors (Lipinski definition) is 3. The normalized spacial score (nSPS) is 14.6. The van der Waals surface area contributed by atoms with E-state index in [9.17, 15) is 14.7 Å². The fourth-order valence-corrected chi connectivity index (χ4v) is 2.06. The molecule has 0 saturated heterocycles. The first kappa shape index (κ1) is 23.0. The van der Waals surface area contributed by atoms with Crippen LogP contribution in [0, 0.1) is 0 Å². The number of aliphatic hydroxyl groups excluding tert-OH is 2. The minimum absolute atomic E-state index is 0.296. The van der Waals surface area contributed by atoms with E-state index in [0.29, 0.717) is 25.7 Å². The summed E-state index contributed by atoms with van der Waals surface area (Å²) in [5.41, 5.74) is 7.78. The molecular weight excluding hydrogens is 332 g/mol. The Morgan fingerprint density at radius 2 is 1.88 bits per heavy atom. The number of carbonyl (C=O) groups is 2. The highest BCUT2D eigenvalue weighted by Gasteiger charge is 2.25. The highest BCUT2D eigenvalue weighted by Crippen LogP contribution is 2.13. The van der Waals surface area contributed by atoms with Crippen LogP contribution in [0.1, 0.15) is 46.5 Å². The van der Waals surface area contributed by atoms with Crippen molar-refractivity contribution >= 4 is 12.1 Å². The average molecular weight is 360 g/mol. The molecular formula is C15H28N4O6. The summed E-state index contributed by atoms with van der Waals surface area (Å²) in [6, 6.07) is -1.61. The van der Waals surface area contributed by atoms with Crippen molar-refractivity contribution in [1.82, 2.24) is 5.32 Å². The summed E-state index contributed by atoms with van der Waals surface area (Å²) in [7, 11) is 1.22. The second-order valence-electron chi connectivity index (χ2n) is 6.53. The number of carbonyl (C=O) groups excluding carboxylic acids is 2. The van der Waals surface area contributed by atoms with Crippen LogP contribution >= 0.6 is 0 Å². The first-order chi connectivity index (χ1) is 11.6. The van der Waals surface area contributed by atoms with Crippen LogP contribution in [0.5, 0.6) is 0 Å². The van der Waals surface area contributed by atoms with Crippen LogP contribution in [0.2, 0.25) is 0 Å². The number of esters is 1. The highest BCUT2D eigenvalue weighted by molar-refractivity contribution is 5.81. The second-order valence-corrected chi connectivity index (χ2v) is 6.53. The zero-order chi connectivity index (χ0) is 19.5. The molecule has 0 saturated carbocycles. The number of unbranched alkanes of at least 4 members (excludes halogenated alkanes) is 1. The molecule has 0 aliphatic carbocycles. The Hall–Kier alpha value is -2.03. The van der Waals surface area contributed by atoms with Crippen LogP contribution in [-0.2, 0) is 14.3 Å². The topological polar surface area (TPSA) is 154 Å². The molecule has 0 aliphatic rings. The van der Waals surface area contributed by atoms with Crippen molar-refractivity contribution in [3.05, 3.63) is 10.4 Å². The summed E-state index contributed by atoms with van der Waals surface area (Å²) in [6.07, 6.45) is -0.191. The summed E-state index contributed by atoms with van der Waals surface area (Å²) in [6.45, 7) is 4.63. The maximum absolute atomic E-state index is 11.8. The minimum atomic E-state index is -1.13. The zero-order valence-electron chi connectivity index (χ0n) is 15.1. The van der Waals surface area contributed by atoms with Crippen molar-refractivity contribution < 1.29 is 29.3 Å². The number of nitrogens with zero attached hydrogens (tertiary/aromatic N) is 3. The van der Waals surface area contributed by atoms with Gasteiger partial charge in [-0.05, 0) is 39.1 Å². The molecule has 0 radical (unpaired) electrons. The summed E-state index contributed by atoms with van der Waals surface area (Å²) >= 11 is 0. The molecule has 10 heteroatoms. The Labute approximate surface area is 147 Å². The van der Waals surface area contributed by atoms with E-state index >= 15 is 0 Å². The summed E-state index contributed by atoms with van der Waals surface area (Å²) in [4.78, 5) is 26.2. The van der Waals surface area contributed by atoms with Gasteiger partial charge in [-0.25, -0.2) is 9.59 Å². The highest BCUT2D eigenvalue weighted by atomic mass is 16.6. The molecule has 0 spiro atoms. The van der Waals surface area contributed by atoms with Crippen molar-refractivity contribution in [2.24, 2.45) is 5.11 Å². The summed E-state index contributed by atoms with van der Waals surface area (Å²) < 4.78 is 9.78. The molecule has 25 heavy (non-hydrogen) atoms. The summed E-state index contributed by atoms with van der Waals surface area (Å²) in [5.74, 6) is -0.590. The molecule has 0 rings (SSSR count). The first-order valence-corrected chi connectivity index (χ1v) is 8.05. The number of alkyl carbamates (subject to hydrolysis) is 1. The molecule has 3 atom stereocenters. The quantitative estimate of drug-likeness (QED) is 0.177. The van der Waals surface area contributed by atoms with Gasteiger partial charge in [0.2, 0.25) is 0 Å². The van der Waals surface area contributed by atoms with E-state index in [1.807, 2.05) is 0 Å². The lowest BCUT2D eigenvalue weighted by atomic mass is 10.0. The molecule has 0 bridgehead atoms. The molecule has 0 aromatic carbocycles. The van der Waals surface area contributed by atoms with Gasteiger partial charge in [0.25, 0.3) is 0 Å². The molecule has 10 nitrogen and oxygen atoms in total. The number of azide groups is 1. The Balaban J connectivity index is 4.52. The van der Waals surface area contributed by atoms with E-state index in [4.69, 9.17) is 15.4 Å². The lowest BCUT2D eigenvalue weighted by molar-refractivity contribution is -0.143. The van der Waals surface area contributed by atoms with Gasteiger partial charge < -0.3 is 25.0 Å². The minimum Gasteiger partial charge on any atom is -0.467 e. The van der Waals surface area contributed by atoms with Crippen LogP contribution < -0.4 is 5.32 Å². The fraction of sp³-hybridized carbons (Fsp3) is 0.867. The molecule has 0 unspecified atom stereocenters. The largest absolute Gasteiger partial charge is 0.467 e. The van der Waals surface area contributed by atoms with Crippen LogP contribution in [0.4, 0.5) is 4.79 Å². The number of ether oxygens (including phenoxy) is 2. The Kier molecular flexibility index (Phi) is 10.6. The molecule has 0 aromatic heterocycles. The van der Waals surface area contributed by atoms with Gasteiger partial charge in [0.1, 0.15) is 11.6 Å². The number of aliphatic hydroxyl groups is 2. The average Bonchev–Trinajstić information content (AvgIpc) is 2.53. The molecule has 1 amide bonds. The number of amides is 1. The molecule has 3 N–H and O–H groups in total. The number of nitrogens with one attached hydrogen (secondary N) is 1. The van der Waals surface area contributed by atoms with Gasteiger partial charge >= 0.3 is 12.1 Å². The van der Waals surface area contributed by atoms with Crippen LogP contribution in [0.25, 0.3) is 10.4 Å². The Bertz CT molecular complexity index is 473. The van der Waals surface area contributed by atoms with Crippen LogP contribution in [-0.4, -0.2) is 59.8 Å². The number of hydrogen-bond acceptors (Lipinski definition) is 7. The SMILES string of the molecule is COC(=O)[C@H](CCCC[C@H](N=[N+]=[N-])[C@H](O)CO)NC(=O)OC(C)(C)C. The predicted octanol–water partition coefficient (Wildman–Crippen LogP) is 1.65. The van der Waals surface area contributed by atoms with Gasteiger partial charge in [0, 0.05) is 4.91 Å². The van der Waals surface area contributed by atoms with Crippen LogP contribution in [0.15, 0.2) is 5.11 Å². The van der Waals surface area contributed by atoms with E-state index < -0.39 is 42.5 Å². The van der Waals surface area contributed by atoms with Crippen LogP contribution in [0.3, 0.4) is 0 Å². The fourth-order valence-electron chi connectivity index (χ4n) is 2.06. The van der Waals surface area contributed by atoms with E-state index in [-0.39, 0.29) is 0 Å². The maximum Gasteiger partial charge on any atom is 0.408 e. The van der Waals surface area contributed by atoms with Crippen molar-refractivity contribution in [3.8, 4) is 0 Å². The van der Waals surface area contributed by atoms with Gasteiger partial charge in [-0.2, -0.15) is 0 Å². The van der Waals surface area contributed by atoms with Gasteiger partial charge in [-0.15, -0.1) is 0 Å². The second kappa shape index (κ2) is 11.5. The standard InChI is InChI=1S/C15H28N4O6/c1-15(2,3)25-14(23)17-11(13(22)24-4)8-6-5-7-10(18-19-16)12(21)9-20/h10-12,20-21H,5-9H2,1-4H3,(H,17,23)/t10-,11-,12+/m0/s1. The molecule has 144 valence electrons. The predicted molar refractivity (Wildman–Crippen MR) is 89.7 cm³/mol. The van der Waals surface area contributed by atoms with E-state index in [0.717, 1.165) is 0 Å². The molecule has 0 aliphatic heterocycles. The van der Waals surface area contributed by atoms with E-state index in [2.05, 4.69) is 20.1 Å². The lowest BCUT2D eigenvalue weighted by Gasteiger charge is -2.22. The number of methoxy groups -OCH3 is 1. The summed E-state index contributed by atoms with van der Waals surface area (Å²) in [5, 5.41) is 24.4. The molecule has 0 fully saturated rings. The molecule has 0 heterocycles. The van der Waals surface area contributed by atoms with Gasteiger partial charge in [0.05, 0.1) is 25.9 Å². The maximum atomic E-state index is 11.8. The van der Waals surface area contributed by atoms with E-state index in [1.54, 1.807) is 20.8 Å². The smallest absolute Gasteiger partial charge is 0.408 e. The molecule has 0 aromatic rings. The lowest BCUT2D eigenvalue weighted by Crippen LogP contribution is -2.44. The van der Waals surface area contributed by atoms with Crippen molar-refractivity contribution in [2.75, 3.05) is 13.7 Å².